The van der Waals surface area contributed by atoms with Crippen molar-refractivity contribution in [3.63, 3.8) is 0 Å². The summed E-state index contributed by atoms with van der Waals surface area (Å²) in [5.41, 5.74) is 0.197. The van der Waals surface area contributed by atoms with Crippen molar-refractivity contribution in [2.24, 2.45) is 0 Å². The van der Waals surface area contributed by atoms with E-state index in [1.165, 1.54) is 24.3 Å². The molecule has 0 aliphatic carbocycles. The van der Waals surface area contributed by atoms with Crippen LogP contribution in [0.15, 0.2) is 24.3 Å². The lowest BCUT2D eigenvalue weighted by molar-refractivity contribution is -0.384. The highest BCUT2D eigenvalue weighted by Crippen LogP contribution is 2.11. The molecule has 0 saturated heterocycles. The maximum atomic E-state index is 10.9. The summed E-state index contributed by atoms with van der Waals surface area (Å²) in [7, 11) is 0. The number of ketones is 1. The minimum atomic E-state index is -0.586. The second-order valence-electron chi connectivity index (χ2n) is 2.39. The summed E-state index contributed by atoms with van der Waals surface area (Å²) < 4.78 is 0. The van der Waals surface area contributed by atoms with Gasteiger partial charge in [0.05, 0.1) is 4.92 Å². The fraction of sp³-hybridized carbons (Fsp3) is 0.125. The number of hydrogen-bond donors (Lipinski definition) is 1. The van der Waals surface area contributed by atoms with Crippen molar-refractivity contribution in [3.8, 4) is 0 Å². The lowest BCUT2D eigenvalue weighted by Crippen LogP contribution is -2.03. The van der Waals surface area contributed by atoms with Crippen LogP contribution < -0.4 is 0 Å². The van der Waals surface area contributed by atoms with Gasteiger partial charge in [0.15, 0.2) is 5.78 Å². The quantitative estimate of drug-likeness (QED) is 0.424. The molecule has 5 heteroatoms. The highest BCUT2D eigenvalue weighted by atomic mass is 16.6. The zero-order valence-corrected chi connectivity index (χ0v) is 6.64. The molecule has 0 saturated carbocycles. The zero-order chi connectivity index (χ0) is 9.84. The fourth-order valence-electron chi connectivity index (χ4n) is 0.860. The third-order valence-electron chi connectivity index (χ3n) is 1.54. The van der Waals surface area contributed by atoms with Gasteiger partial charge < -0.3 is 5.11 Å². The number of nitrogens with zero attached hydrogens (tertiary/aromatic N) is 1. The first-order valence-corrected chi connectivity index (χ1v) is 3.53. The molecule has 0 radical (unpaired) electrons. The second kappa shape index (κ2) is 3.77. The molecule has 1 rings (SSSR count). The normalized spacial score (nSPS) is 9.62. The molecule has 0 heterocycles. The maximum Gasteiger partial charge on any atom is 0.269 e. The van der Waals surface area contributed by atoms with E-state index < -0.39 is 17.3 Å². The highest BCUT2D eigenvalue weighted by molar-refractivity contribution is 5.97. The molecule has 0 atom stereocenters. The number of nitro benzene ring substituents is 1. The molecule has 5 nitrogen and oxygen atoms in total. The molecule has 0 fully saturated rings. The van der Waals surface area contributed by atoms with Crippen LogP contribution in [0.3, 0.4) is 0 Å². The Kier molecular flexibility index (Phi) is 2.71. The van der Waals surface area contributed by atoms with Crippen molar-refractivity contribution in [3.05, 3.63) is 39.9 Å². The minimum Gasteiger partial charge on any atom is -0.388 e. The van der Waals surface area contributed by atoms with Gasteiger partial charge in [0.1, 0.15) is 6.61 Å². The molecule has 68 valence electrons. The van der Waals surface area contributed by atoms with Gasteiger partial charge in [-0.05, 0) is 12.1 Å². The molecule has 0 unspecified atom stereocenters. The molecular weight excluding hydrogens is 174 g/mol. The van der Waals surface area contributed by atoms with E-state index in [0.717, 1.165) is 0 Å². The molecule has 0 aliphatic rings. The van der Waals surface area contributed by atoms with Crippen molar-refractivity contribution in [2.45, 2.75) is 0 Å². The number of rotatable bonds is 3. The average Bonchev–Trinajstić information content (AvgIpc) is 2.17. The van der Waals surface area contributed by atoms with Gasteiger partial charge in [0, 0.05) is 17.7 Å². The van der Waals surface area contributed by atoms with E-state index >= 15 is 0 Å². The Labute approximate surface area is 73.8 Å². The molecule has 1 aromatic rings. The van der Waals surface area contributed by atoms with Crippen LogP contribution in [0.25, 0.3) is 0 Å². The number of Topliss-reactive ketones (excluding diaryl/α,β-unsaturated/α-hetero) is 1. The zero-order valence-electron chi connectivity index (χ0n) is 6.64. The average molecular weight is 181 g/mol. The standard InChI is InChI=1S/C8H7NO4/c10-5-8(11)6-1-3-7(4-2-6)9(12)13/h1-4,10H,5H2. The Balaban J connectivity index is 2.93. The molecule has 13 heavy (non-hydrogen) atoms. The first-order chi connectivity index (χ1) is 6.15. The van der Waals surface area contributed by atoms with Crippen molar-refractivity contribution in [1.82, 2.24) is 0 Å². The van der Waals surface area contributed by atoms with Crippen molar-refractivity contribution in [2.75, 3.05) is 6.61 Å². The first-order valence-electron chi connectivity index (χ1n) is 3.53. The summed E-state index contributed by atoms with van der Waals surface area (Å²) in [4.78, 5) is 20.5. The number of hydrogen-bond acceptors (Lipinski definition) is 4. The lowest BCUT2D eigenvalue weighted by Gasteiger charge is -1.95. The van der Waals surface area contributed by atoms with Crippen LogP contribution in [0.5, 0.6) is 0 Å². The first kappa shape index (κ1) is 9.34. The van der Waals surface area contributed by atoms with Gasteiger partial charge in [0.2, 0.25) is 0 Å². The third kappa shape index (κ3) is 2.09. The largest absolute Gasteiger partial charge is 0.388 e. The molecular formula is C8H7NO4. The SMILES string of the molecule is O=C(CO)c1ccc([N+](=O)[O-])cc1. The highest BCUT2D eigenvalue weighted by Gasteiger charge is 2.07. The second-order valence-corrected chi connectivity index (χ2v) is 2.39. The van der Waals surface area contributed by atoms with E-state index in [-0.39, 0.29) is 11.3 Å². The van der Waals surface area contributed by atoms with Gasteiger partial charge in [-0.25, -0.2) is 0 Å². The summed E-state index contributed by atoms with van der Waals surface area (Å²) in [5.74, 6) is -0.449. The van der Waals surface area contributed by atoms with Crippen LogP contribution in [0.2, 0.25) is 0 Å². The fourth-order valence-corrected chi connectivity index (χ4v) is 0.860. The van der Waals surface area contributed by atoms with Gasteiger partial charge >= 0.3 is 0 Å². The number of aliphatic hydroxyl groups excluding tert-OH is 1. The van der Waals surface area contributed by atoms with E-state index in [0.29, 0.717) is 0 Å². The molecule has 0 spiro atoms. The summed E-state index contributed by atoms with van der Waals surface area (Å²) in [6.45, 7) is -0.586. The van der Waals surface area contributed by atoms with Gasteiger partial charge in [0.25, 0.3) is 5.69 Å². The number of aliphatic hydroxyl groups is 1. The molecule has 0 bridgehead atoms. The van der Waals surface area contributed by atoms with E-state index in [1.807, 2.05) is 0 Å². The van der Waals surface area contributed by atoms with Crippen LogP contribution in [0.1, 0.15) is 10.4 Å². The number of benzene rings is 1. The van der Waals surface area contributed by atoms with E-state index in [2.05, 4.69) is 0 Å². The molecule has 0 amide bonds. The molecule has 0 aromatic heterocycles. The van der Waals surface area contributed by atoms with E-state index in [9.17, 15) is 14.9 Å². The maximum absolute atomic E-state index is 10.9. The molecule has 1 N–H and O–H groups in total. The van der Waals surface area contributed by atoms with Crippen molar-refractivity contribution in [1.29, 1.82) is 0 Å². The van der Waals surface area contributed by atoms with Gasteiger partial charge in [-0.2, -0.15) is 0 Å². The van der Waals surface area contributed by atoms with E-state index in [4.69, 9.17) is 5.11 Å². The summed E-state index contributed by atoms with van der Waals surface area (Å²) >= 11 is 0. The van der Waals surface area contributed by atoms with Crippen LogP contribution in [0, 0.1) is 10.1 Å². The number of carbonyl (C=O) groups excluding carboxylic acids is 1. The summed E-state index contributed by atoms with van der Waals surface area (Å²) in [6.07, 6.45) is 0. The van der Waals surface area contributed by atoms with Crippen LogP contribution in [-0.2, 0) is 0 Å². The number of carbonyl (C=O) groups is 1. The van der Waals surface area contributed by atoms with Crippen LogP contribution in [-0.4, -0.2) is 22.4 Å². The Hall–Kier alpha value is -1.75. The minimum absolute atomic E-state index is 0.0745. The Morgan fingerprint density at radius 3 is 2.31 bits per heavy atom. The van der Waals surface area contributed by atoms with E-state index in [1.54, 1.807) is 0 Å². The van der Waals surface area contributed by atoms with Gasteiger partial charge in [-0.15, -0.1) is 0 Å². The van der Waals surface area contributed by atoms with Gasteiger partial charge in [-0.1, -0.05) is 0 Å². The van der Waals surface area contributed by atoms with Crippen molar-refractivity contribution < 1.29 is 14.8 Å². The number of non-ortho nitro benzene ring substituents is 1. The van der Waals surface area contributed by atoms with Crippen LogP contribution in [0.4, 0.5) is 5.69 Å². The topological polar surface area (TPSA) is 80.4 Å². The van der Waals surface area contributed by atoms with Crippen molar-refractivity contribution >= 4 is 11.5 Å². The Morgan fingerprint density at radius 2 is 1.92 bits per heavy atom. The predicted molar refractivity (Wildman–Crippen MR) is 44.5 cm³/mol. The Morgan fingerprint density at radius 1 is 1.38 bits per heavy atom. The monoisotopic (exact) mass is 181 g/mol. The predicted octanol–water partition coefficient (Wildman–Crippen LogP) is 0.770. The lowest BCUT2D eigenvalue weighted by atomic mass is 10.1. The molecule has 0 aliphatic heterocycles. The summed E-state index contributed by atoms with van der Waals surface area (Å²) in [6, 6.07) is 5.08. The summed E-state index contributed by atoms with van der Waals surface area (Å²) in [5, 5.41) is 18.7. The number of nitro groups is 1. The van der Waals surface area contributed by atoms with Crippen LogP contribution >= 0.6 is 0 Å². The third-order valence-corrected chi connectivity index (χ3v) is 1.54. The Bertz CT molecular complexity index is 331. The smallest absolute Gasteiger partial charge is 0.269 e. The molecule has 1 aromatic carbocycles. The van der Waals surface area contributed by atoms with Gasteiger partial charge in [-0.3, -0.25) is 14.9 Å².